The number of anilines is 1. The van der Waals surface area contributed by atoms with Crippen LogP contribution in [-0.4, -0.2) is 34.3 Å². The van der Waals surface area contributed by atoms with Gasteiger partial charge in [0.2, 0.25) is 6.23 Å². The summed E-state index contributed by atoms with van der Waals surface area (Å²) >= 11 is 10.6. The van der Waals surface area contributed by atoms with Gasteiger partial charge in [-0.25, -0.2) is 4.79 Å². The zero-order chi connectivity index (χ0) is 15.6. The van der Waals surface area contributed by atoms with E-state index in [0.717, 1.165) is 6.20 Å². The topological polar surface area (TPSA) is 74.6 Å². The summed E-state index contributed by atoms with van der Waals surface area (Å²) in [7, 11) is 0. The fourth-order valence-corrected chi connectivity index (χ4v) is 2.51. The number of rotatable bonds is 5. The molecular formula is C9H11F2N3O4S3. The molecule has 0 aliphatic carbocycles. The van der Waals surface area contributed by atoms with Crippen molar-refractivity contribution >= 4 is 44.5 Å². The van der Waals surface area contributed by atoms with E-state index >= 15 is 0 Å². The van der Waals surface area contributed by atoms with Crippen molar-refractivity contribution in [3.05, 3.63) is 22.7 Å². The van der Waals surface area contributed by atoms with E-state index in [1.807, 2.05) is 0 Å². The van der Waals surface area contributed by atoms with Crippen LogP contribution in [0.15, 0.2) is 17.1 Å². The van der Waals surface area contributed by atoms with E-state index in [9.17, 15) is 13.6 Å². The van der Waals surface area contributed by atoms with E-state index in [4.69, 9.17) is 4.74 Å². The number of hydrogen-bond donors (Lipinski definition) is 4. The Morgan fingerprint density at radius 3 is 2.76 bits per heavy atom. The van der Waals surface area contributed by atoms with Crippen molar-refractivity contribution in [2.24, 2.45) is 0 Å². The lowest BCUT2D eigenvalue weighted by atomic mass is 10.1. The van der Waals surface area contributed by atoms with Crippen LogP contribution in [0.2, 0.25) is 0 Å². The van der Waals surface area contributed by atoms with Gasteiger partial charge in [-0.15, -0.1) is 0 Å². The molecule has 1 aromatic heterocycles. The Bertz CT molecular complexity index is 561. The molecule has 0 amide bonds. The highest BCUT2D eigenvalue weighted by Crippen LogP contribution is 2.44. The van der Waals surface area contributed by atoms with Crippen molar-refractivity contribution in [2.45, 2.75) is 24.4 Å². The lowest BCUT2D eigenvalue weighted by molar-refractivity contribution is -0.134. The van der Waals surface area contributed by atoms with Gasteiger partial charge >= 0.3 is 11.6 Å². The summed E-state index contributed by atoms with van der Waals surface area (Å²) in [6.45, 7) is -0.265. The van der Waals surface area contributed by atoms with Crippen LogP contribution in [0.25, 0.3) is 0 Å². The first-order valence-electron chi connectivity index (χ1n) is 5.54. The quantitative estimate of drug-likeness (QED) is 0.467. The van der Waals surface area contributed by atoms with Crippen molar-refractivity contribution < 1.29 is 21.9 Å². The van der Waals surface area contributed by atoms with E-state index in [2.05, 4.69) is 56.7 Å². The molecule has 0 aromatic carbocycles. The minimum atomic E-state index is -3.51. The molecule has 118 valence electrons. The summed E-state index contributed by atoms with van der Waals surface area (Å²) in [6, 6.07) is 1.30. The Labute approximate surface area is 134 Å². The molecule has 21 heavy (non-hydrogen) atoms. The lowest BCUT2D eigenvalue weighted by Gasteiger charge is -2.22. The zero-order valence-corrected chi connectivity index (χ0v) is 12.9. The number of thiol groups is 3. The van der Waals surface area contributed by atoms with E-state index in [-0.39, 0.29) is 12.4 Å². The molecule has 0 bridgehead atoms. The highest BCUT2D eigenvalue weighted by atomic mass is 32.1. The monoisotopic (exact) mass is 359 g/mol. The summed E-state index contributed by atoms with van der Waals surface area (Å²) in [5, 5.41) is 0. The molecule has 2 heterocycles. The van der Waals surface area contributed by atoms with Gasteiger partial charge in [0, 0.05) is 6.20 Å². The molecule has 2 rings (SSSR count). The average molecular weight is 359 g/mol. The normalized spacial score (nSPS) is 27.8. The summed E-state index contributed by atoms with van der Waals surface area (Å²) in [4.78, 5) is 15.3. The zero-order valence-electron chi connectivity index (χ0n) is 10.2. The molecule has 7 nitrogen and oxygen atoms in total. The summed E-state index contributed by atoms with van der Waals surface area (Å²) in [5.74, 6) is -3.39. The highest BCUT2D eigenvalue weighted by molar-refractivity contribution is 7.81. The first kappa shape index (κ1) is 16.8. The highest BCUT2D eigenvalue weighted by Gasteiger charge is 2.61. The molecule has 1 fully saturated rings. The van der Waals surface area contributed by atoms with Gasteiger partial charge in [-0.2, -0.15) is 13.8 Å². The molecule has 3 unspecified atom stereocenters. The third-order valence-corrected chi connectivity index (χ3v) is 3.50. The van der Waals surface area contributed by atoms with Crippen LogP contribution in [0, 0.1) is 0 Å². The van der Waals surface area contributed by atoms with Gasteiger partial charge in [-0.05, 0) is 31.9 Å². The van der Waals surface area contributed by atoms with Crippen molar-refractivity contribution in [3.63, 3.8) is 0 Å². The lowest BCUT2D eigenvalue weighted by Crippen LogP contribution is -2.42. The predicted molar refractivity (Wildman–Crippen MR) is 78.8 cm³/mol. The van der Waals surface area contributed by atoms with Gasteiger partial charge in [0.25, 0.3) is 0 Å². The second-order valence-electron chi connectivity index (χ2n) is 4.14. The van der Waals surface area contributed by atoms with Crippen LogP contribution in [0.4, 0.5) is 14.6 Å². The number of ether oxygens (including phenoxy) is 1. The third-order valence-electron chi connectivity index (χ3n) is 2.90. The van der Waals surface area contributed by atoms with Gasteiger partial charge in [0.1, 0.15) is 11.9 Å². The Morgan fingerprint density at radius 1 is 1.52 bits per heavy atom. The molecule has 1 aliphatic rings. The molecule has 0 radical (unpaired) electrons. The second-order valence-corrected chi connectivity index (χ2v) is 4.83. The SMILES string of the molecule is O=c1nc(NS)ccn1C1OC(COS)C(OS)C1(F)F. The average Bonchev–Trinajstić information content (AvgIpc) is 2.69. The first-order valence-corrected chi connectivity index (χ1v) is 6.72. The fraction of sp³-hybridized carbons (Fsp3) is 0.556. The minimum Gasteiger partial charge on any atom is -0.343 e. The Kier molecular flexibility index (Phi) is 5.38. The molecule has 1 aliphatic heterocycles. The van der Waals surface area contributed by atoms with Crippen molar-refractivity contribution in [1.29, 1.82) is 0 Å². The number of nitrogens with zero attached hydrogens (tertiary/aromatic N) is 2. The molecule has 3 atom stereocenters. The Balaban J connectivity index is 2.37. The summed E-state index contributed by atoms with van der Waals surface area (Å²) in [6.07, 6.45) is -3.62. The van der Waals surface area contributed by atoms with Gasteiger partial charge in [0.05, 0.1) is 6.61 Å². The smallest absolute Gasteiger partial charge is 0.343 e. The van der Waals surface area contributed by atoms with Gasteiger partial charge < -0.3 is 17.8 Å². The van der Waals surface area contributed by atoms with Gasteiger partial charge in [-0.1, -0.05) is 12.8 Å². The summed E-state index contributed by atoms with van der Waals surface area (Å²) < 4.78 is 45.7. The van der Waals surface area contributed by atoms with E-state index < -0.39 is 30.0 Å². The van der Waals surface area contributed by atoms with Crippen LogP contribution in [0.5, 0.6) is 0 Å². The molecule has 1 N–H and O–H groups in total. The second kappa shape index (κ2) is 6.71. The number of alkyl halides is 2. The van der Waals surface area contributed by atoms with Crippen LogP contribution in [0.1, 0.15) is 6.23 Å². The maximum Gasteiger partial charge on any atom is 0.351 e. The van der Waals surface area contributed by atoms with Gasteiger partial charge in [0.15, 0.2) is 6.10 Å². The van der Waals surface area contributed by atoms with Crippen molar-refractivity contribution in [3.8, 4) is 0 Å². The van der Waals surface area contributed by atoms with E-state index in [0.29, 0.717) is 4.57 Å². The molecule has 0 saturated carbocycles. The molecule has 1 aromatic rings. The first-order chi connectivity index (χ1) is 9.95. The Morgan fingerprint density at radius 2 is 2.24 bits per heavy atom. The largest absolute Gasteiger partial charge is 0.351 e. The molecule has 0 spiro atoms. The minimum absolute atomic E-state index is 0.123. The molecular weight excluding hydrogens is 348 g/mol. The predicted octanol–water partition coefficient (Wildman–Crippen LogP) is 1.12. The van der Waals surface area contributed by atoms with Crippen molar-refractivity contribution in [1.82, 2.24) is 9.55 Å². The number of nitrogens with one attached hydrogen (secondary N) is 1. The standard InChI is InChI=1S/C9H11F2N3O4S3/c10-9(11)6(18-21)4(3-16-20)17-7(9)14-2-1-5(13-19)12-8(14)15/h1-2,4,6-7,19-21H,3H2,(H,12,13,15). The third kappa shape index (κ3) is 3.14. The van der Waals surface area contributed by atoms with Crippen LogP contribution >= 0.6 is 38.6 Å². The maximum absolute atomic E-state index is 14.3. The van der Waals surface area contributed by atoms with Crippen LogP contribution in [0.3, 0.4) is 0 Å². The van der Waals surface area contributed by atoms with E-state index in [1.54, 1.807) is 0 Å². The van der Waals surface area contributed by atoms with Crippen LogP contribution < -0.4 is 10.4 Å². The van der Waals surface area contributed by atoms with Crippen LogP contribution in [-0.2, 0) is 13.1 Å². The van der Waals surface area contributed by atoms with Gasteiger partial charge in [-0.3, -0.25) is 4.57 Å². The Hall–Kier alpha value is -0.530. The molecule has 1 saturated heterocycles. The summed E-state index contributed by atoms with van der Waals surface area (Å²) in [5.41, 5.74) is -0.927. The molecule has 12 heteroatoms. The van der Waals surface area contributed by atoms with E-state index in [1.165, 1.54) is 6.07 Å². The maximum atomic E-state index is 14.3. The number of halogens is 2. The number of hydrogen-bond acceptors (Lipinski definition) is 9. The number of aromatic nitrogens is 2. The fourth-order valence-electron chi connectivity index (χ4n) is 1.96. The van der Waals surface area contributed by atoms with Crippen molar-refractivity contribution in [2.75, 3.05) is 11.3 Å².